The molecule has 1 aromatic rings. The summed E-state index contributed by atoms with van der Waals surface area (Å²) >= 11 is 0. The van der Waals surface area contributed by atoms with E-state index in [0.717, 1.165) is 6.07 Å². The molecule has 0 radical (unpaired) electrons. The topological polar surface area (TPSA) is 44.5 Å². The van der Waals surface area contributed by atoms with Crippen LogP contribution in [0.4, 0.5) is 17.6 Å². The standard InChI is InChI=1S/C15H21F4NO2/c1-3-11-7-10(5-4-6-12(20)9-21-2)8-13(14(11)16)22-15(17,18)19/h7-8,12H,3-6,9,20H2,1-2H3/t12-/m1/s1. The highest BCUT2D eigenvalue weighted by molar-refractivity contribution is 5.36. The van der Waals surface area contributed by atoms with Crippen molar-refractivity contribution < 1.29 is 27.0 Å². The van der Waals surface area contributed by atoms with Crippen molar-refractivity contribution in [2.45, 2.75) is 45.0 Å². The smallest absolute Gasteiger partial charge is 0.403 e. The van der Waals surface area contributed by atoms with Crippen molar-refractivity contribution >= 4 is 0 Å². The summed E-state index contributed by atoms with van der Waals surface area (Å²) in [6.07, 6.45) is -2.78. The fourth-order valence-electron chi connectivity index (χ4n) is 2.19. The molecule has 126 valence electrons. The van der Waals surface area contributed by atoms with Gasteiger partial charge in [-0.3, -0.25) is 0 Å². The SMILES string of the molecule is CCc1cc(CCC[C@@H](N)COC)cc(OC(F)(F)F)c1F. The molecule has 0 aliphatic heterocycles. The van der Waals surface area contributed by atoms with Crippen molar-refractivity contribution in [2.75, 3.05) is 13.7 Å². The van der Waals surface area contributed by atoms with Gasteiger partial charge in [0.2, 0.25) is 0 Å². The number of alkyl halides is 3. The first kappa shape index (κ1) is 18.7. The molecule has 1 atom stereocenters. The van der Waals surface area contributed by atoms with Crippen molar-refractivity contribution in [3.05, 3.63) is 29.1 Å². The lowest BCUT2D eigenvalue weighted by Crippen LogP contribution is -2.25. The molecule has 1 rings (SSSR count). The van der Waals surface area contributed by atoms with Gasteiger partial charge in [0.25, 0.3) is 0 Å². The second-order valence-electron chi connectivity index (χ2n) is 5.08. The summed E-state index contributed by atoms with van der Waals surface area (Å²) < 4.78 is 59.5. The van der Waals surface area contributed by atoms with Gasteiger partial charge in [0.05, 0.1) is 6.61 Å². The molecule has 0 amide bonds. The Kier molecular flexibility index (Phi) is 7.09. The molecule has 0 aliphatic carbocycles. The molecule has 22 heavy (non-hydrogen) atoms. The Hall–Kier alpha value is -1.34. The number of hydrogen-bond donors (Lipinski definition) is 1. The number of rotatable bonds is 8. The molecule has 0 heterocycles. The lowest BCUT2D eigenvalue weighted by molar-refractivity contribution is -0.275. The van der Waals surface area contributed by atoms with Crippen LogP contribution in [-0.4, -0.2) is 26.1 Å². The number of hydrogen-bond acceptors (Lipinski definition) is 3. The average molecular weight is 323 g/mol. The van der Waals surface area contributed by atoms with Gasteiger partial charge in [-0.25, -0.2) is 4.39 Å². The van der Waals surface area contributed by atoms with Crippen LogP contribution in [0.5, 0.6) is 5.75 Å². The predicted molar refractivity (Wildman–Crippen MR) is 75.3 cm³/mol. The van der Waals surface area contributed by atoms with E-state index in [1.807, 2.05) is 0 Å². The van der Waals surface area contributed by atoms with E-state index in [4.69, 9.17) is 10.5 Å². The molecule has 2 N–H and O–H groups in total. The first-order chi connectivity index (χ1) is 10.3. The summed E-state index contributed by atoms with van der Waals surface area (Å²) in [5, 5.41) is 0. The summed E-state index contributed by atoms with van der Waals surface area (Å²) in [7, 11) is 1.55. The minimum atomic E-state index is -4.91. The summed E-state index contributed by atoms with van der Waals surface area (Å²) in [5.41, 5.74) is 6.59. The normalized spacial score (nSPS) is 13.2. The Labute approximate surface area is 127 Å². The monoisotopic (exact) mass is 323 g/mol. The quantitative estimate of drug-likeness (QED) is 0.744. The number of methoxy groups -OCH3 is 1. The van der Waals surface area contributed by atoms with Crippen molar-refractivity contribution in [3.8, 4) is 5.75 Å². The van der Waals surface area contributed by atoms with E-state index in [2.05, 4.69) is 4.74 Å². The predicted octanol–water partition coefficient (Wildman–Crippen LogP) is 3.58. The molecule has 0 fully saturated rings. The number of nitrogens with two attached hydrogens (primary N) is 1. The number of halogens is 4. The molecule has 0 bridgehead atoms. The van der Waals surface area contributed by atoms with Crippen molar-refractivity contribution in [2.24, 2.45) is 5.73 Å². The zero-order chi connectivity index (χ0) is 16.8. The maximum Gasteiger partial charge on any atom is 0.573 e. The fourth-order valence-corrected chi connectivity index (χ4v) is 2.19. The molecule has 3 nitrogen and oxygen atoms in total. The van der Waals surface area contributed by atoms with Crippen LogP contribution in [-0.2, 0) is 17.6 Å². The van der Waals surface area contributed by atoms with Crippen LogP contribution >= 0.6 is 0 Å². The zero-order valence-electron chi connectivity index (χ0n) is 12.7. The van der Waals surface area contributed by atoms with E-state index >= 15 is 0 Å². The van der Waals surface area contributed by atoms with Crippen LogP contribution in [0, 0.1) is 5.82 Å². The highest BCUT2D eigenvalue weighted by Gasteiger charge is 2.33. The van der Waals surface area contributed by atoms with Gasteiger partial charge in [0.1, 0.15) is 0 Å². The van der Waals surface area contributed by atoms with Gasteiger partial charge >= 0.3 is 6.36 Å². The largest absolute Gasteiger partial charge is 0.573 e. The maximum absolute atomic E-state index is 13.9. The molecule has 0 saturated heterocycles. The highest BCUT2D eigenvalue weighted by atomic mass is 19.4. The van der Waals surface area contributed by atoms with Gasteiger partial charge in [-0.15, -0.1) is 13.2 Å². The van der Waals surface area contributed by atoms with E-state index in [1.54, 1.807) is 20.1 Å². The maximum atomic E-state index is 13.9. The van der Waals surface area contributed by atoms with Gasteiger partial charge in [-0.05, 0) is 42.9 Å². The molecule has 0 saturated carbocycles. The Balaban J connectivity index is 2.80. The summed E-state index contributed by atoms with van der Waals surface area (Å²) in [6, 6.07) is 2.55. The van der Waals surface area contributed by atoms with E-state index in [1.165, 1.54) is 0 Å². The van der Waals surface area contributed by atoms with Gasteiger partial charge in [0, 0.05) is 13.2 Å². The minimum Gasteiger partial charge on any atom is -0.403 e. The fraction of sp³-hybridized carbons (Fsp3) is 0.600. The molecule has 0 unspecified atom stereocenters. The van der Waals surface area contributed by atoms with Crippen LogP contribution < -0.4 is 10.5 Å². The Morgan fingerprint density at radius 1 is 1.27 bits per heavy atom. The van der Waals surface area contributed by atoms with Gasteiger partial charge in [-0.2, -0.15) is 0 Å². The summed E-state index contributed by atoms with van der Waals surface area (Å²) in [5.74, 6) is -1.73. The molecular formula is C15H21F4NO2. The number of aryl methyl sites for hydroxylation is 2. The minimum absolute atomic E-state index is 0.123. The van der Waals surface area contributed by atoms with Crippen LogP contribution in [0.2, 0.25) is 0 Å². The van der Waals surface area contributed by atoms with Gasteiger partial charge in [0.15, 0.2) is 11.6 Å². The Morgan fingerprint density at radius 2 is 1.95 bits per heavy atom. The van der Waals surface area contributed by atoms with Crippen LogP contribution in [0.25, 0.3) is 0 Å². The average Bonchev–Trinajstić information content (AvgIpc) is 2.40. The Bertz CT molecular complexity index is 477. The summed E-state index contributed by atoms with van der Waals surface area (Å²) in [4.78, 5) is 0. The first-order valence-corrected chi connectivity index (χ1v) is 7.08. The van der Waals surface area contributed by atoms with E-state index in [0.29, 0.717) is 31.4 Å². The Morgan fingerprint density at radius 3 is 2.50 bits per heavy atom. The van der Waals surface area contributed by atoms with Crippen molar-refractivity contribution in [1.29, 1.82) is 0 Å². The zero-order valence-corrected chi connectivity index (χ0v) is 12.7. The van der Waals surface area contributed by atoms with Gasteiger partial charge in [-0.1, -0.05) is 13.0 Å². The molecule has 0 aliphatic rings. The van der Waals surface area contributed by atoms with E-state index in [9.17, 15) is 17.6 Å². The molecular weight excluding hydrogens is 302 g/mol. The second-order valence-corrected chi connectivity index (χ2v) is 5.08. The second kappa shape index (κ2) is 8.33. The summed E-state index contributed by atoms with van der Waals surface area (Å²) in [6.45, 7) is 2.10. The first-order valence-electron chi connectivity index (χ1n) is 7.08. The highest BCUT2D eigenvalue weighted by Crippen LogP contribution is 2.29. The van der Waals surface area contributed by atoms with Crippen LogP contribution in [0.1, 0.15) is 30.9 Å². The van der Waals surface area contributed by atoms with Crippen LogP contribution in [0.15, 0.2) is 12.1 Å². The van der Waals surface area contributed by atoms with Crippen LogP contribution in [0.3, 0.4) is 0 Å². The molecule has 0 aromatic heterocycles. The third-order valence-electron chi connectivity index (χ3n) is 3.20. The molecule has 0 spiro atoms. The lowest BCUT2D eigenvalue weighted by Gasteiger charge is -2.14. The van der Waals surface area contributed by atoms with Crippen molar-refractivity contribution in [1.82, 2.24) is 0 Å². The molecule has 1 aromatic carbocycles. The number of benzene rings is 1. The van der Waals surface area contributed by atoms with Crippen molar-refractivity contribution in [3.63, 3.8) is 0 Å². The molecule has 7 heteroatoms. The van der Waals surface area contributed by atoms with Gasteiger partial charge < -0.3 is 15.2 Å². The third-order valence-corrected chi connectivity index (χ3v) is 3.20. The van der Waals surface area contributed by atoms with E-state index < -0.39 is 17.9 Å². The number of ether oxygens (including phenoxy) is 2. The third kappa shape index (κ3) is 6.19. The lowest BCUT2D eigenvalue weighted by atomic mass is 10.0. The van der Waals surface area contributed by atoms with E-state index in [-0.39, 0.29) is 18.0 Å².